The molecule has 106 valence electrons. The molecule has 0 radical (unpaired) electrons. The SMILES string of the molecule is Nc1ncc(Cl)c(Nc2ccc(F)c(C(F)(F)F)c2)n1. The van der Waals surface area contributed by atoms with Crippen LogP contribution in [-0.4, -0.2) is 9.97 Å². The Morgan fingerprint density at radius 2 is 1.95 bits per heavy atom. The smallest absolute Gasteiger partial charge is 0.368 e. The lowest BCUT2D eigenvalue weighted by molar-refractivity contribution is -0.139. The summed E-state index contributed by atoms with van der Waals surface area (Å²) in [4.78, 5) is 7.34. The number of nitrogens with zero attached hydrogens (tertiary/aromatic N) is 2. The summed E-state index contributed by atoms with van der Waals surface area (Å²) in [6, 6.07) is 2.44. The number of nitrogens with two attached hydrogens (primary N) is 1. The number of rotatable bonds is 2. The second kappa shape index (κ2) is 5.12. The van der Waals surface area contributed by atoms with Crippen molar-refractivity contribution in [3.05, 3.63) is 40.8 Å². The zero-order chi connectivity index (χ0) is 14.9. The fourth-order valence-electron chi connectivity index (χ4n) is 1.43. The molecule has 0 aliphatic heterocycles. The minimum atomic E-state index is -4.80. The molecule has 2 rings (SSSR count). The molecule has 0 spiro atoms. The van der Waals surface area contributed by atoms with Crippen molar-refractivity contribution in [3.8, 4) is 0 Å². The monoisotopic (exact) mass is 306 g/mol. The number of anilines is 3. The third kappa shape index (κ3) is 3.08. The number of benzene rings is 1. The van der Waals surface area contributed by atoms with Gasteiger partial charge in [0.25, 0.3) is 0 Å². The molecule has 1 aromatic heterocycles. The molecule has 0 unspecified atom stereocenters. The lowest BCUT2D eigenvalue weighted by Gasteiger charge is -2.12. The van der Waals surface area contributed by atoms with Gasteiger partial charge in [-0.15, -0.1) is 0 Å². The fraction of sp³-hybridized carbons (Fsp3) is 0.0909. The normalized spacial score (nSPS) is 11.4. The van der Waals surface area contributed by atoms with E-state index in [0.29, 0.717) is 12.1 Å². The first-order valence-electron chi connectivity index (χ1n) is 5.19. The van der Waals surface area contributed by atoms with Gasteiger partial charge < -0.3 is 11.1 Å². The summed E-state index contributed by atoms with van der Waals surface area (Å²) in [7, 11) is 0. The summed E-state index contributed by atoms with van der Waals surface area (Å²) >= 11 is 5.77. The summed E-state index contributed by atoms with van der Waals surface area (Å²) in [5.41, 5.74) is 3.93. The lowest BCUT2D eigenvalue weighted by Crippen LogP contribution is -2.09. The molecule has 1 heterocycles. The van der Waals surface area contributed by atoms with Crippen molar-refractivity contribution in [2.75, 3.05) is 11.1 Å². The molecule has 0 saturated heterocycles. The fourth-order valence-corrected chi connectivity index (χ4v) is 1.56. The van der Waals surface area contributed by atoms with Gasteiger partial charge in [0.1, 0.15) is 10.8 Å². The highest BCUT2D eigenvalue weighted by Gasteiger charge is 2.34. The summed E-state index contributed by atoms with van der Waals surface area (Å²) in [6.45, 7) is 0. The van der Waals surface area contributed by atoms with Crippen LogP contribution in [0.3, 0.4) is 0 Å². The van der Waals surface area contributed by atoms with Crippen LogP contribution in [0.4, 0.5) is 35.0 Å². The molecule has 1 aromatic carbocycles. The first-order chi connectivity index (χ1) is 9.27. The second-order valence-corrected chi connectivity index (χ2v) is 4.15. The standard InChI is InChI=1S/C11H7ClF4N4/c12-7-4-18-10(17)20-9(7)19-5-1-2-8(13)6(3-5)11(14,15)16/h1-4H,(H3,17,18,19,20). The van der Waals surface area contributed by atoms with E-state index in [1.807, 2.05) is 0 Å². The van der Waals surface area contributed by atoms with Gasteiger partial charge in [0.15, 0.2) is 5.82 Å². The molecular formula is C11H7ClF4N4. The molecule has 0 atom stereocenters. The van der Waals surface area contributed by atoms with Crippen LogP contribution >= 0.6 is 11.6 Å². The average molecular weight is 307 g/mol. The predicted molar refractivity (Wildman–Crippen MR) is 66.1 cm³/mol. The van der Waals surface area contributed by atoms with Crippen molar-refractivity contribution < 1.29 is 17.6 Å². The van der Waals surface area contributed by atoms with E-state index in [1.165, 1.54) is 6.20 Å². The van der Waals surface area contributed by atoms with Gasteiger partial charge in [-0.3, -0.25) is 0 Å². The van der Waals surface area contributed by atoms with E-state index in [0.717, 1.165) is 6.07 Å². The Labute approximate surface area is 115 Å². The molecule has 0 saturated carbocycles. The molecular weight excluding hydrogens is 300 g/mol. The molecule has 0 amide bonds. The van der Waals surface area contributed by atoms with Crippen LogP contribution < -0.4 is 11.1 Å². The van der Waals surface area contributed by atoms with Crippen molar-refractivity contribution in [3.63, 3.8) is 0 Å². The maximum atomic E-state index is 13.1. The van der Waals surface area contributed by atoms with Gasteiger partial charge in [-0.25, -0.2) is 9.37 Å². The van der Waals surface area contributed by atoms with E-state index in [4.69, 9.17) is 17.3 Å². The zero-order valence-corrected chi connectivity index (χ0v) is 10.4. The Morgan fingerprint density at radius 3 is 2.60 bits per heavy atom. The maximum Gasteiger partial charge on any atom is 0.419 e. The van der Waals surface area contributed by atoms with Gasteiger partial charge in [-0.2, -0.15) is 18.2 Å². The van der Waals surface area contributed by atoms with Gasteiger partial charge in [0.05, 0.1) is 11.8 Å². The summed E-state index contributed by atoms with van der Waals surface area (Å²) in [5, 5.41) is 2.59. The Bertz CT molecular complexity index is 645. The highest BCUT2D eigenvalue weighted by molar-refractivity contribution is 6.32. The van der Waals surface area contributed by atoms with E-state index >= 15 is 0 Å². The number of nitrogen functional groups attached to an aromatic ring is 1. The van der Waals surface area contributed by atoms with Crippen molar-refractivity contribution in [1.29, 1.82) is 0 Å². The molecule has 0 bridgehead atoms. The minimum Gasteiger partial charge on any atom is -0.368 e. The van der Waals surface area contributed by atoms with Gasteiger partial charge in [0, 0.05) is 5.69 Å². The summed E-state index contributed by atoms with van der Waals surface area (Å²) in [5.74, 6) is -1.44. The van der Waals surface area contributed by atoms with Crippen LogP contribution in [-0.2, 0) is 6.18 Å². The van der Waals surface area contributed by atoms with E-state index in [9.17, 15) is 17.6 Å². The highest BCUT2D eigenvalue weighted by Crippen LogP contribution is 2.34. The Kier molecular flexibility index (Phi) is 3.67. The maximum absolute atomic E-state index is 13.1. The van der Waals surface area contributed by atoms with Crippen molar-refractivity contribution in [2.24, 2.45) is 0 Å². The largest absolute Gasteiger partial charge is 0.419 e. The number of hydrogen-bond donors (Lipinski definition) is 2. The van der Waals surface area contributed by atoms with Crippen molar-refractivity contribution in [2.45, 2.75) is 6.18 Å². The number of halogens is 5. The molecule has 3 N–H and O–H groups in total. The van der Waals surface area contributed by atoms with Gasteiger partial charge in [-0.1, -0.05) is 11.6 Å². The minimum absolute atomic E-state index is 0.0268. The third-order valence-electron chi connectivity index (χ3n) is 2.30. The molecule has 9 heteroatoms. The Morgan fingerprint density at radius 1 is 1.25 bits per heavy atom. The molecule has 2 aromatic rings. The first-order valence-corrected chi connectivity index (χ1v) is 5.57. The van der Waals surface area contributed by atoms with E-state index in [1.54, 1.807) is 0 Å². The number of aromatic nitrogens is 2. The zero-order valence-electron chi connectivity index (χ0n) is 9.67. The van der Waals surface area contributed by atoms with Gasteiger partial charge >= 0.3 is 6.18 Å². The van der Waals surface area contributed by atoms with Crippen molar-refractivity contribution in [1.82, 2.24) is 9.97 Å². The van der Waals surface area contributed by atoms with E-state index in [2.05, 4.69) is 15.3 Å². The predicted octanol–water partition coefficient (Wildman–Crippen LogP) is 3.61. The average Bonchev–Trinajstić information content (AvgIpc) is 2.35. The number of alkyl halides is 3. The summed E-state index contributed by atoms with van der Waals surface area (Å²) in [6.07, 6.45) is -3.60. The van der Waals surface area contributed by atoms with Crippen LogP contribution in [0.1, 0.15) is 5.56 Å². The summed E-state index contributed by atoms with van der Waals surface area (Å²) < 4.78 is 50.8. The van der Waals surface area contributed by atoms with Gasteiger partial charge in [-0.05, 0) is 18.2 Å². The molecule has 0 fully saturated rings. The van der Waals surface area contributed by atoms with E-state index < -0.39 is 17.6 Å². The molecule has 0 aliphatic carbocycles. The Balaban J connectivity index is 2.37. The third-order valence-corrected chi connectivity index (χ3v) is 2.57. The number of nitrogens with one attached hydrogen (secondary N) is 1. The van der Waals surface area contributed by atoms with Gasteiger partial charge in [0.2, 0.25) is 5.95 Å². The van der Waals surface area contributed by atoms with Crippen LogP contribution in [0.5, 0.6) is 0 Å². The first kappa shape index (κ1) is 14.3. The molecule has 20 heavy (non-hydrogen) atoms. The van der Waals surface area contributed by atoms with Crippen LogP contribution in [0.15, 0.2) is 24.4 Å². The van der Waals surface area contributed by atoms with E-state index in [-0.39, 0.29) is 22.5 Å². The van der Waals surface area contributed by atoms with Crippen LogP contribution in [0.25, 0.3) is 0 Å². The quantitative estimate of drug-likeness (QED) is 0.832. The van der Waals surface area contributed by atoms with Crippen LogP contribution in [0.2, 0.25) is 5.02 Å². The number of hydrogen-bond acceptors (Lipinski definition) is 4. The Hall–Kier alpha value is -2.09. The molecule has 4 nitrogen and oxygen atoms in total. The topological polar surface area (TPSA) is 63.8 Å². The second-order valence-electron chi connectivity index (χ2n) is 3.74. The van der Waals surface area contributed by atoms with Crippen LogP contribution in [0, 0.1) is 5.82 Å². The van der Waals surface area contributed by atoms with Crippen molar-refractivity contribution >= 4 is 29.1 Å². The highest BCUT2D eigenvalue weighted by atomic mass is 35.5. The lowest BCUT2D eigenvalue weighted by atomic mass is 10.2. The molecule has 0 aliphatic rings.